The van der Waals surface area contributed by atoms with E-state index >= 15 is 0 Å². The predicted molar refractivity (Wildman–Crippen MR) is 61.6 cm³/mol. The third-order valence-corrected chi connectivity index (χ3v) is 3.14. The SMILES string of the molecule is Nc1nc(F)c2ncn(C3OC(CO)C(O)C3F)c2n1. The van der Waals surface area contributed by atoms with E-state index in [1.54, 1.807) is 0 Å². The number of fused-ring (bicyclic) bond motifs is 1. The molecule has 3 rings (SSSR count). The Labute approximate surface area is 110 Å². The first-order valence-electron chi connectivity index (χ1n) is 5.77. The molecule has 0 spiro atoms. The molecule has 4 atom stereocenters. The summed E-state index contributed by atoms with van der Waals surface area (Å²) < 4.78 is 33.8. The van der Waals surface area contributed by atoms with Gasteiger partial charge in [0.05, 0.1) is 12.9 Å². The van der Waals surface area contributed by atoms with Crippen molar-refractivity contribution in [2.45, 2.75) is 24.6 Å². The number of alkyl halides is 1. The summed E-state index contributed by atoms with van der Waals surface area (Å²) in [5.41, 5.74) is 5.11. The van der Waals surface area contributed by atoms with Crippen LogP contribution in [-0.4, -0.2) is 54.7 Å². The molecule has 1 aliphatic heterocycles. The van der Waals surface area contributed by atoms with Crippen LogP contribution in [0.3, 0.4) is 0 Å². The zero-order valence-electron chi connectivity index (χ0n) is 10.0. The number of aromatic nitrogens is 4. The molecular formula is C10H11F2N5O3. The molecule has 0 amide bonds. The van der Waals surface area contributed by atoms with E-state index in [0.717, 1.165) is 10.9 Å². The zero-order chi connectivity index (χ0) is 14.4. The summed E-state index contributed by atoms with van der Waals surface area (Å²) in [6.07, 6.45) is -4.54. The molecular weight excluding hydrogens is 276 g/mol. The van der Waals surface area contributed by atoms with Crippen molar-refractivity contribution >= 4 is 17.1 Å². The first kappa shape index (κ1) is 13.1. The van der Waals surface area contributed by atoms with Crippen molar-refractivity contribution in [1.82, 2.24) is 19.5 Å². The van der Waals surface area contributed by atoms with Crippen molar-refractivity contribution in [3.05, 3.63) is 12.3 Å². The summed E-state index contributed by atoms with van der Waals surface area (Å²) in [6, 6.07) is 0. The smallest absolute Gasteiger partial charge is 0.245 e. The Balaban J connectivity index is 2.07. The number of aliphatic hydroxyl groups excluding tert-OH is 2. The molecule has 0 bridgehead atoms. The molecule has 2 aromatic heterocycles. The minimum Gasteiger partial charge on any atom is -0.394 e. The summed E-state index contributed by atoms with van der Waals surface area (Å²) in [7, 11) is 0. The number of hydrogen-bond donors (Lipinski definition) is 3. The molecule has 0 radical (unpaired) electrons. The van der Waals surface area contributed by atoms with Crippen LogP contribution in [0.25, 0.3) is 11.2 Å². The molecule has 2 aromatic rings. The predicted octanol–water partition coefficient (Wildman–Crippen LogP) is -0.864. The third kappa shape index (κ3) is 1.80. The average Bonchev–Trinajstić information content (AvgIpc) is 2.93. The highest BCUT2D eigenvalue weighted by molar-refractivity contribution is 5.71. The van der Waals surface area contributed by atoms with Gasteiger partial charge in [-0.3, -0.25) is 4.57 Å². The lowest BCUT2D eigenvalue weighted by Gasteiger charge is -2.14. The summed E-state index contributed by atoms with van der Waals surface area (Å²) in [4.78, 5) is 10.8. The topological polar surface area (TPSA) is 119 Å². The van der Waals surface area contributed by atoms with Crippen LogP contribution in [0.4, 0.5) is 14.7 Å². The van der Waals surface area contributed by atoms with Gasteiger partial charge in [0.1, 0.15) is 12.2 Å². The summed E-state index contributed by atoms with van der Waals surface area (Å²) in [5.74, 6) is -1.26. The summed E-state index contributed by atoms with van der Waals surface area (Å²) in [5, 5.41) is 18.6. The molecule has 10 heteroatoms. The van der Waals surface area contributed by atoms with Gasteiger partial charge in [0.15, 0.2) is 23.6 Å². The fourth-order valence-electron chi connectivity index (χ4n) is 2.16. The molecule has 108 valence electrons. The Bertz CT molecular complexity index is 651. The van der Waals surface area contributed by atoms with E-state index in [0.29, 0.717) is 0 Å². The van der Waals surface area contributed by atoms with Gasteiger partial charge >= 0.3 is 0 Å². The van der Waals surface area contributed by atoms with E-state index in [4.69, 9.17) is 15.6 Å². The van der Waals surface area contributed by atoms with Crippen LogP contribution in [0.15, 0.2) is 6.33 Å². The average molecular weight is 287 g/mol. The molecule has 0 aliphatic carbocycles. The van der Waals surface area contributed by atoms with Crippen molar-refractivity contribution < 1.29 is 23.7 Å². The molecule has 8 nitrogen and oxygen atoms in total. The van der Waals surface area contributed by atoms with E-state index in [9.17, 15) is 13.9 Å². The van der Waals surface area contributed by atoms with Crippen LogP contribution in [0, 0.1) is 5.95 Å². The maximum absolute atomic E-state index is 14.0. The molecule has 1 saturated heterocycles. The minimum absolute atomic E-state index is 0.0477. The number of rotatable bonds is 2. The molecule has 3 heterocycles. The molecule has 4 N–H and O–H groups in total. The van der Waals surface area contributed by atoms with E-state index in [-0.39, 0.29) is 17.1 Å². The molecule has 0 saturated carbocycles. The van der Waals surface area contributed by atoms with E-state index < -0.39 is 37.2 Å². The number of hydrogen-bond acceptors (Lipinski definition) is 7. The van der Waals surface area contributed by atoms with E-state index in [1.807, 2.05) is 0 Å². The number of nitrogens with zero attached hydrogens (tertiary/aromatic N) is 4. The Morgan fingerprint density at radius 1 is 1.45 bits per heavy atom. The lowest BCUT2D eigenvalue weighted by Crippen LogP contribution is -2.30. The number of aliphatic hydroxyl groups is 2. The lowest BCUT2D eigenvalue weighted by atomic mass is 10.1. The van der Waals surface area contributed by atoms with Gasteiger partial charge in [-0.1, -0.05) is 0 Å². The van der Waals surface area contributed by atoms with Crippen molar-refractivity contribution in [1.29, 1.82) is 0 Å². The van der Waals surface area contributed by atoms with Crippen LogP contribution in [0.1, 0.15) is 6.23 Å². The van der Waals surface area contributed by atoms with Crippen molar-refractivity contribution in [3.63, 3.8) is 0 Å². The second kappa shape index (κ2) is 4.58. The second-order valence-electron chi connectivity index (χ2n) is 4.38. The first-order chi connectivity index (χ1) is 9.52. The van der Waals surface area contributed by atoms with Gasteiger partial charge in [-0.15, -0.1) is 0 Å². The van der Waals surface area contributed by atoms with Crippen LogP contribution in [0.5, 0.6) is 0 Å². The Hall–Kier alpha value is -1.91. The normalized spacial score (nSPS) is 30.2. The number of halogens is 2. The minimum atomic E-state index is -1.82. The van der Waals surface area contributed by atoms with Gasteiger partial charge < -0.3 is 20.7 Å². The molecule has 4 unspecified atom stereocenters. The zero-order valence-corrected chi connectivity index (χ0v) is 10.0. The molecule has 20 heavy (non-hydrogen) atoms. The Morgan fingerprint density at radius 3 is 2.85 bits per heavy atom. The van der Waals surface area contributed by atoms with Crippen LogP contribution >= 0.6 is 0 Å². The standard InChI is InChI=1S/C10H11F2N5O3/c11-4-6(19)3(1-18)20-9(4)17-2-14-5-7(12)15-10(13)16-8(5)17/h2-4,6,9,18-19H,1H2,(H2,13,15,16). The van der Waals surface area contributed by atoms with E-state index in [2.05, 4.69) is 15.0 Å². The van der Waals surface area contributed by atoms with Gasteiger partial charge in [-0.2, -0.15) is 14.4 Å². The van der Waals surface area contributed by atoms with Crippen molar-refractivity contribution in [2.24, 2.45) is 0 Å². The number of nitrogen functional groups attached to an aromatic ring is 1. The second-order valence-corrected chi connectivity index (χ2v) is 4.38. The molecule has 0 aromatic carbocycles. The van der Waals surface area contributed by atoms with Gasteiger partial charge in [0, 0.05) is 0 Å². The van der Waals surface area contributed by atoms with Crippen LogP contribution in [0.2, 0.25) is 0 Å². The quantitative estimate of drug-likeness (QED) is 0.614. The van der Waals surface area contributed by atoms with Gasteiger partial charge in [0.2, 0.25) is 11.9 Å². The van der Waals surface area contributed by atoms with Crippen molar-refractivity contribution in [3.8, 4) is 0 Å². The maximum atomic E-state index is 14.0. The number of nitrogens with two attached hydrogens (primary N) is 1. The first-order valence-corrected chi connectivity index (χ1v) is 5.77. The highest BCUT2D eigenvalue weighted by Crippen LogP contribution is 2.33. The highest BCUT2D eigenvalue weighted by atomic mass is 19.1. The number of ether oxygens (including phenoxy) is 1. The fourth-order valence-corrected chi connectivity index (χ4v) is 2.16. The Morgan fingerprint density at radius 2 is 2.20 bits per heavy atom. The van der Waals surface area contributed by atoms with Crippen molar-refractivity contribution in [2.75, 3.05) is 12.3 Å². The summed E-state index contributed by atoms with van der Waals surface area (Å²) >= 11 is 0. The van der Waals surface area contributed by atoms with Gasteiger partial charge in [-0.25, -0.2) is 9.37 Å². The monoisotopic (exact) mass is 287 g/mol. The third-order valence-electron chi connectivity index (χ3n) is 3.14. The fraction of sp³-hybridized carbons (Fsp3) is 0.500. The Kier molecular flexibility index (Phi) is 3.00. The number of imidazole rings is 1. The van der Waals surface area contributed by atoms with Crippen LogP contribution < -0.4 is 5.73 Å². The largest absolute Gasteiger partial charge is 0.394 e. The highest BCUT2D eigenvalue weighted by Gasteiger charge is 2.45. The maximum Gasteiger partial charge on any atom is 0.245 e. The van der Waals surface area contributed by atoms with Crippen LogP contribution in [-0.2, 0) is 4.74 Å². The van der Waals surface area contributed by atoms with Gasteiger partial charge in [0.25, 0.3) is 0 Å². The van der Waals surface area contributed by atoms with Gasteiger partial charge in [-0.05, 0) is 0 Å². The summed E-state index contributed by atoms with van der Waals surface area (Å²) in [6.45, 7) is -0.545. The lowest BCUT2D eigenvalue weighted by molar-refractivity contribution is -0.0459. The van der Waals surface area contributed by atoms with E-state index in [1.165, 1.54) is 0 Å². The number of anilines is 1. The molecule has 1 aliphatic rings. The molecule has 1 fully saturated rings.